The van der Waals surface area contributed by atoms with Crippen LogP contribution >= 0.6 is 0 Å². The molecule has 3 N–H and O–H groups in total. The molecule has 1 atom stereocenters. The van der Waals surface area contributed by atoms with Crippen molar-refractivity contribution in [3.8, 4) is 0 Å². The molecule has 1 aromatic carbocycles. The minimum Gasteiger partial charge on any atom is -0.389 e. The quantitative estimate of drug-likeness (QED) is 0.701. The molecule has 0 fully saturated rings. The molecule has 0 aromatic heterocycles. The minimum atomic E-state index is -0.781. The number of halogens is 1. The largest absolute Gasteiger partial charge is 0.389 e. The lowest BCUT2D eigenvalue weighted by Crippen LogP contribution is -2.01. The molecule has 0 saturated carbocycles. The van der Waals surface area contributed by atoms with E-state index in [4.69, 9.17) is 10.8 Å². The Labute approximate surface area is 70.8 Å². The summed E-state index contributed by atoms with van der Waals surface area (Å²) < 4.78 is 13.0. The van der Waals surface area contributed by atoms with Crippen LogP contribution < -0.4 is 5.73 Å². The van der Waals surface area contributed by atoms with Gasteiger partial charge in [-0.2, -0.15) is 0 Å². The molecule has 2 nitrogen and oxygen atoms in total. The van der Waals surface area contributed by atoms with Crippen molar-refractivity contribution in [1.29, 1.82) is 0 Å². The van der Waals surface area contributed by atoms with E-state index in [1.807, 2.05) is 0 Å². The van der Waals surface area contributed by atoms with Crippen molar-refractivity contribution < 1.29 is 9.50 Å². The van der Waals surface area contributed by atoms with E-state index in [1.165, 1.54) is 13.0 Å². The summed E-state index contributed by atoms with van der Waals surface area (Å²) in [5.74, 6) is -0.387. The Bertz CT molecular complexity index is 273. The normalized spacial score (nSPS) is 13.0. The first-order valence-corrected chi connectivity index (χ1v) is 3.81. The van der Waals surface area contributed by atoms with Crippen molar-refractivity contribution in [3.63, 3.8) is 0 Å². The molecular weight excluding hydrogens is 157 g/mol. The van der Waals surface area contributed by atoms with Gasteiger partial charge < -0.3 is 10.8 Å². The van der Waals surface area contributed by atoms with Crippen LogP contribution in [0.15, 0.2) is 18.2 Å². The average molecular weight is 169 g/mol. The Morgan fingerprint density at radius 2 is 2.25 bits per heavy atom. The molecule has 0 saturated heterocycles. The van der Waals surface area contributed by atoms with Gasteiger partial charge in [0.2, 0.25) is 0 Å². The number of aliphatic hydroxyl groups is 1. The van der Waals surface area contributed by atoms with Crippen molar-refractivity contribution in [2.45, 2.75) is 19.6 Å². The summed E-state index contributed by atoms with van der Waals surface area (Å²) in [6.07, 6.45) is -0.781. The number of hydrogen-bond acceptors (Lipinski definition) is 2. The molecule has 1 unspecified atom stereocenters. The number of benzene rings is 1. The molecule has 3 heteroatoms. The third-order valence-corrected chi connectivity index (χ3v) is 1.75. The lowest BCUT2D eigenvalue weighted by molar-refractivity contribution is 0.194. The van der Waals surface area contributed by atoms with Crippen molar-refractivity contribution in [1.82, 2.24) is 0 Å². The van der Waals surface area contributed by atoms with Crippen molar-refractivity contribution in [3.05, 3.63) is 35.1 Å². The van der Waals surface area contributed by atoms with Crippen LogP contribution in [-0.2, 0) is 6.54 Å². The Morgan fingerprint density at radius 1 is 1.58 bits per heavy atom. The first kappa shape index (κ1) is 9.16. The number of rotatable bonds is 2. The predicted molar refractivity (Wildman–Crippen MR) is 44.9 cm³/mol. The Balaban J connectivity index is 3.08. The molecule has 0 aliphatic carbocycles. The van der Waals surface area contributed by atoms with Gasteiger partial charge in [0.15, 0.2) is 0 Å². The van der Waals surface area contributed by atoms with Gasteiger partial charge in [-0.25, -0.2) is 4.39 Å². The van der Waals surface area contributed by atoms with E-state index in [0.29, 0.717) is 12.1 Å². The van der Waals surface area contributed by atoms with Gasteiger partial charge >= 0.3 is 0 Å². The zero-order valence-corrected chi connectivity index (χ0v) is 6.92. The Morgan fingerprint density at radius 3 is 2.75 bits per heavy atom. The first-order valence-electron chi connectivity index (χ1n) is 3.81. The van der Waals surface area contributed by atoms with Gasteiger partial charge in [0.25, 0.3) is 0 Å². The third kappa shape index (κ3) is 1.81. The van der Waals surface area contributed by atoms with Crippen LogP contribution in [-0.4, -0.2) is 5.11 Å². The molecule has 66 valence electrons. The molecule has 0 bridgehead atoms. The van der Waals surface area contributed by atoms with E-state index < -0.39 is 6.10 Å². The fraction of sp³-hybridized carbons (Fsp3) is 0.333. The molecule has 0 amide bonds. The maximum absolute atomic E-state index is 13.0. The van der Waals surface area contributed by atoms with E-state index >= 15 is 0 Å². The van der Waals surface area contributed by atoms with E-state index in [-0.39, 0.29) is 5.82 Å². The van der Waals surface area contributed by atoms with Gasteiger partial charge in [-0.05, 0) is 24.6 Å². The highest BCUT2D eigenvalue weighted by Crippen LogP contribution is 2.17. The zero-order chi connectivity index (χ0) is 9.14. The summed E-state index contributed by atoms with van der Waals surface area (Å²) in [5.41, 5.74) is 6.49. The van der Waals surface area contributed by atoms with Gasteiger partial charge in [0, 0.05) is 12.1 Å². The lowest BCUT2D eigenvalue weighted by atomic mass is 10.1. The minimum absolute atomic E-state index is 0.304. The van der Waals surface area contributed by atoms with Crippen LogP contribution in [0.1, 0.15) is 24.2 Å². The number of hydrogen-bond donors (Lipinski definition) is 2. The number of aliphatic hydroxyl groups excluding tert-OH is 1. The summed E-state index contributed by atoms with van der Waals surface area (Å²) >= 11 is 0. The second-order valence-electron chi connectivity index (χ2n) is 2.74. The van der Waals surface area contributed by atoms with Gasteiger partial charge in [-0.3, -0.25) is 0 Å². The smallest absolute Gasteiger partial charge is 0.129 e. The van der Waals surface area contributed by atoms with E-state index in [2.05, 4.69) is 0 Å². The van der Waals surface area contributed by atoms with Gasteiger partial charge in [-0.15, -0.1) is 0 Å². The highest BCUT2D eigenvalue weighted by Gasteiger charge is 2.07. The molecule has 0 aliphatic rings. The standard InChI is InChI=1S/C9H12FNO/c1-6(12)8-4-7(5-11)2-3-9(8)10/h2-4,6,12H,5,11H2,1H3. The van der Waals surface area contributed by atoms with Crippen LogP contribution in [0, 0.1) is 5.82 Å². The molecule has 1 rings (SSSR count). The summed E-state index contributed by atoms with van der Waals surface area (Å²) in [6, 6.07) is 4.52. The third-order valence-electron chi connectivity index (χ3n) is 1.75. The second-order valence-corrected chi connectivity index (χ2v) is 2.74. The Kier molecular flexibility index (Phi) is 2.78. The summed E-state index contributed by atoms with van der Waals surface area (Å²) in [4.78, 5) is 0. The van der Waals surface area contributed by atoms with Crippen LogP contribution in [0.3, 0.4) is 0 Å². The maximum Gasteiger partial charge on any atom is 0.129 e. The van der Waals surface area contributed by atoms with Crippen molar-refractivity contribution >= 4 is 0 Å². The summed E-state index contributed by atoms with van der Waals surface area (Å²) in [6.45, 7) is 1.89. The second kappa shape index (κ2) is 3.65. The van der Waals surface area contributed by atoms with Gasteiger partial charge in [0.1, 0.15) is 5.82 Å². The SMILES string of the molecule is CC(O)c1cc(CN)ccc1F. The monoisotopic (exact) mass is 169 g/mol. The van der Waals surface area contributed by atoms with Gasteiger partial charge in [-0.1, -0.05) is 6.07 Å². The van der Waals surface area contributed by atoms with Gasteiger partial charge in [0.05, 0.1) is 6.10 Å². The Hall–Kier alpha value is -0.930. The molecule has 0 aliphatic heterocycles. The molecule has 1 aromatic rings. The fourth-order valence-electron chi connectivity index (χ4n) is 1.04. The highest BCUT2D eigenvalue weighted by molar-refractivity contribution is 5.26. The van der Waals surface area contributed by atoms with Crippen LogP contribution in [0.2, 0.25) is 0 Å². The van der Waals surface area contributed by atoms with Crippen LogP contribution in [0.5, 0.6) is 0 Å². The topological polar surface area (TPSA) is 46.2 Å². The summed E-state index contributed by atoms with van der Waals surface area (Å²) in [5, 5.41) is 9.14. The van der Waals surface area contributed by atoms with E-state index in [9.17, 15) is 4.39 Å². The molecule has 0 heterocycles. The van der Waals surface area contributed by atoms with Crippen molar-refractivity contribution in [2.24, 2.45) is 5.73 Å². The predicted octanol–water partition coefficient (Wildman–Crippen LogP) is 1.34. The molecule has 0 radical (unpaired) electrons. The van der Waals surface area contributed by atoms with Crippen LogP contribution in [0.4, 0.5) is 4.39 Å². The average Bonchev–Trinajstić information content (AvgIpc) is 2.05. The number of nitrogens with two attached hydrogens (primary N) is 1. The first-order chi connectivity index (χ1) is 5.65. The molecular formula is C9H12FNO. The van der Waals surface area contributed by atoms with E-state index in [1.54, 1.807) is 12.1 Å². The zero-order valence-electron chi connectivity index (χ0n) is 6.92. The summed E-state index contributed by atoms with van der Waals surface area (Å²) in [7, 11) is 0. The molecule has 12 heavy (non-hydrogen) atoms. The van der Waals surface area contributed by atoms with Crippen molar-refractivity contribution in [2.75, 3.05) is 0 Å². The lowest BCUT2D eigenvalue weighted by Gasteiger charge is -2.07. The fourth-order valence-corrected chi connectivity index (χ4v) is 1.04. The highest BCUT2D eigenvalue weighted by atomic mass is 19.1. The van der Waals surface area contributed by atoms with Crippen LogP contribution in [0.25, 0.3) is 0 Å². The maximum atomic E-state index is 13.0. The molecule has 0 spiro atoms. The van der Waals surface area contributed by atoms with E-state index in [0.717, 1.165) is 5.56 Å².